The molecule has 0 aliphatic heterocycles. The molecule has 0 saturated carbocycles. The van der Waals surface area contributed by atoms with E-state index in [2.05, 4.69) is 4.98 Å². The third kappa shape index (κ3) is 2.20. The molecule has 1 heterocycles. The molecule has 0 aliphatic carbocycles. The molecule has 0 bridgehead atoms. The standard InChI is InChI=1S/C8H5ClF2INO/c1-3-5(7(9)14)4(12)2-13-6(3)8(10)11/h2,8H,1H3. The predicted molar refractivity (Wildman–Crippen MR) is 56.8 cm³/mol. The van der Waals surface area contributed by atoms with Crippen LogP contribution in [0.1, 0.15) is 28.0 Å². The molecule has 0 N–H and O–H groups in total. The van der Waals surface area contributed by atoms with E-state index in [9.17, 15) is 13.6 Å². The summed E-state index contributed by atoms with van der Waals surface area (Å²) in [6.07, 6.45) is -1.48. The molecule has 0 atom stereocenters. The number of pyridine rings is 1. The first kappa shape index (κ1) is 11.8. The van der Waals surface area contributed by atoms with Crippen molar-refractivity contribution in [3.8, 4) is 0 Å². The lowest BCUT2D eigenvalue weighted by molar-refractivity contribution is 0.107. The van der Waals surface area contributed by atoms with Gasteiger partial charge in [-0.25, -0.2) is 8.78 Å². The van der Waals surface area contributed by atoms with Gasteiger partial charge in [-0.3, -0.25) is 9.78 Å². The zero-order valence-electron chi connectivity index (χ0n) is 7.02. The minimum atomic E-state index is -2.69. The van der Waals surface area contributed by atoms with Crippen molar-refractivity contribution < 1.29 is 13.6 Å². The number of aromatic nitrogens is 1. The summed E-state index contributed by atoms with van der Waals surface area (Å²) in [6, 6.07) is 0. The second kappa shape index (κ2) is 4.48. The first-order valence-electron chi connectivity index (χ1n) is 3.58. The Labute approximate surface area is 97.8 Å². The van der Waals surface area contributed by atoms with E-state index in [0.717, 1.165) is 0 Å². The molecule has 0 amide bonds. The highest BCUT2D eigenvalue weighted by molar-refractivity contribution is 14.1. The fourth-order valence-corrected chi connectivity index (χ4v) is 2.25. The average Bonchev–Trinajstić information content (AvgIpc) is 2.02. The Bertz CT molecular complexity index is 384. The maximum atomic E-state index is 12.4. The Morgan fingerprint density at radius 2 is 2.21 bits per heavy atom. The van der Waals surface area contributed by atoms with Gasteiger partial charge in [-0.2, -0.15) is 0 Å². The van der Waals surface area contributed by atoms with Crippen molar-refractivity contribution in [3.05, 3.63) is 26.6 Å². The minimum Gasteiger partial charge on any atom is -0.276 e. The van der Waals surface area contributed by atoms with Gasteiger partial charge in [0.25, 0.3) is 11.7 Å². The van der Waals surface area contributed by atoms with Crippen molar-refractivity contribution in [3.63, 3.8) is 0 Å². The molecule has 0 aliphatic rings. The normalized spacial score (nSPS) is 10.7. The van der Waals surface area contributed by atoms with Crippen LogP contribution in [0.3, 0.4) is 0 Å². The number of hydrogen-bond acceptors (Lipinski definition) is 2. The number of rotatable bonds is 2. The smallest absolute Gasteiger partial charge is 0.276 e. The lowest BCUT2D eigenvalue weighted by Gasteiger charge is -2.08. The highest BCUT2D eigenvalue weighted by Crippen LogP contribution is 2.26. The average molecular weight is 331 g/mol. The summed E-state index contributed by atoms with van der Waals surface area (Å²) in [6.45, 7) is 1.41. The van der Waals surface area contributed by atoms with Gasteiger partial charge in [-0.05, 0) is 46.7 Å². The van der Waals surface area contributed by atoms with E-state index >= 15 is 0 Å². The molecular weight excluding hydrogens is 326 g/mol. The molecule has 2 nitrogen and oxygen atoms in total. The van der Waals surface area contributed by atoms with Crippen molar-refractivity contribution in [2.24, 2.45) is 0 Å². The lowest BCUT2D eigenvalue weighted by Crippen LogP contribution is -2.04. The van der Waals surface area contributed by atoms with Crippen LogP contribution in [0.25, 0.3) is 0 Å². The summed E-state index contributed by atoms with van der Waals surface area (Å²) in [5.74, 6) is 0. The van der Waals surface area contributed by atoms with Crippen molar-refractivity contribution in [2.75, 3.05) is 0 Å². The van der Waals surface area contributed by atoms with Crippen LogP contribution in [-0.4, -0.2) is 10.2 Å². The highest BCUT2D eigenvalue weighted by atomic mass is 127. The first-order chi connectivity index (χ1) is 6.45. The van der Waals surface area contributed by atoms with E-state index in [-0.39, 0.29) is 11.1 Å². The van der Waals surface area contributed by atoms with E-state index in [1.165, 1.54) is 13.1 Å². The van der Waals surface area contributed by atoms with Crippen LogP contribution < -0.4 is 0 Å². The Kier molecular flexibility index (Phi) is 3.77. The molecule has 0 spiro atoms. The van der Waals surface area contributed by atoms with Crippen LogP contribution in [0.15, 0.2) is 6.20 Å². The van der Waals surface area contributed by atoms with E-state index in [4.69, 9.17) is 11.6 Å². The third-order valence-electron chi connectivity index (χ3n) is 1.72. The Hall–Kier alpha value is -0.300. The summed E-state index contributed by atoms with van der Waals surface area (Å²) >= 11 is 7.10. The van der Waals surface area contributed by atoms with Gasteiger partial charge < -0.3 is 0 Å². The van der Waals surface area contributed by atoms with Gasteiger partial charge in [0, 0.05) is 9.77 Å². The Morgan fingerprint density at radius 3 is 2.64 bits per heavy atom. The number of carbonyl (C=O) groups excluding carboxylic acids is 1. The van der Waals surface area contributed by atoms with Crippen molar-refractivity contribution in [2.45, 2.75) is 13.3 Å². The molecule has 0 aromatic carbocycles. The van der Waals surface area contributed by atoms with E-state index in [1.807, 2.05) is 22.6 Å². The van der Waals surface area contributed by atoms with Crippen LogP contribution in [-0.2, 0) is 0 Å². The third-order valence-corrected chi connectivity index (χ3v) is 2.73. The van der Waals surface area contributed by atoms with Gasteiger partial charge >= 0.3 is 0 Å². The molecule has 1 aromatic heterocycles. The second-order valence-electron chi connectivity index (χ2n) is 2.57. The van der Waals surface area contributed by atoms with Crippen LogP contribution in [0.2, 0.25) is 0 Å². The Balaban J connectivity index is 3.41. The lowest BCUT2D eigenvalue weighted by atomic mass is 10.1. The summed E-state index contributed by atoms with van der Waals surface area (Å²) in [7, 11) is 0. The summed E-state index contributed by atoms with van der Waals surface area (Å²) < 4.78 is 25.2. The number of hydrogen-bond donors (Lipinski definition) is 0. The van der Waals surface area contributed by atoms with Crippen molar-refractivity contribution >= 4 is 39.4 Å². The predicted octanol–water partition coefficient (Wildman–Crippen LogP) is 3.31. The minimum absolute atomic E-state index is 0.109. The van der Waals surface area contributed by atoms with Gasteiger partial charge in [0.1, 0.15) is 5.69 Å². The van der Waals surface area contributed by atoms with Crippen LogP contribution >= 0.6 is 34.2 Å². The van der Waals surface area contributed by atoms with Gasteiger partial charge in [0.15, 0.2) is 0 Å². The maximum Gasteiger partial charge on any atom is 0.280 e. The van der Waals surface area contributed by atoms with Crippen LogP contribution in [0.4, 0.5) is 8.78 Å². The molecule has 0 unspecified atom stereocenters. The van der Waals surface area contributed by atoms with E-state index in [0.29, 0.717) is 3.57 Å². The molecule has 76 valence electrons. The van der Waals surface area contributed by atoms with Gasteiger partial charge in [0.05, 0.1) is 5.56 Å². The van der Waals surface area contributed by atoms with Gasteiger partial charge in [0.2, 0.25) is 0 Å². The SMILES string of the molecule is Cc1c(C(F)F)ncc(I)c1C(=O)Cl. The fourth-order valence-electron chi connectivity index (χ4n) is 1.06. The summed E-state index contributed by atoms with van der Waals surface area (Å²) in [5, 5.41) is -0.740. The van der Waals surface area contributed by atoms with Gasteiger partial charge in [-0.1, -0.05) is 0 Å². The molecule has 0 fully saturated rings. The molecular formula is C8H5ClF2INO. The van der Waals surface area contributed by atoms with Crippen LogP contribution in [0, 0.1) is 10.5 Å². The number of carbonyl (C=O) groups is 1. The van der Waals surface area contributed by atoms with Crippen LogP contribution in [0.5, 0.6) is 0 Å². The number of alkyl halides is 2. The van der Waals surface area contributed by atoms with Gasteiger partial charge in [-0.15, -0.1) is 0 Å². The quantitative estimate of drug-likeness (QED) is 0.615. The zero-order chi connectivity index (χ0) is 10.9. The highest BCUT2D eigenvalue weighted by Gasteiger charge is 2.19. The van der Waals surface area contributed by atoms with Crippen molar-refractivity contribution in [1.82, 2.24) is 4.98 Å². The molecule has 6 heteroatoms. The fraction of sp³-hybridized carbons (Fsp3) is 0.250. The summed E-state index contributed by atoms with van der Waals surface area (Å²) in [5.41, 5.74) is -0.140. The monoisotopic (exact) mass is 331 g/mol. The Morgan fingerprint density at radius 1 is 1.64 bits per heavy atom. The topological polar surface area (TPSA) is 30.0 Å². The molecule has 0 saturated heterocycles. The molecule has 1 rings (SSSR count). The number of nitrogens with zero attached hydrogens (tertiary/aromatic N) is 1. The van der Waals surface area contributed by atoms with Crippen molar-refractivity contribution in [1.29, 1.82) is 0 Å². The van der Waals surface area contributed by atoms with E-state index in [1.54, 1.807) is 0 Å². The largest absolute Gasteiger partial charge is 0.280 e. The van der Waals surface area contributed by atoms with E-state index < -0.39 is 17.4 Å². The maximum absolute atomic E-state index is 12.4. The first-order valence-corrected chi connectivity index (χ1v) is 5.03. The molecule has 0 radical (unpaired) electrons. The number of halogens is 4. The second-order valence-corrected chi connectivity index (χ2v) is 4.07. The molecule has 1 aromatic rings. The summed E-state index contributed by atoms with van der Waals surface area (Å²) in [4.78, 5) is 14.5. The zero-order valence-corrected chi connectivity index (χ0v) is 9.94. The molecule has 14 heavy (non-hydrogen) atoms.